The first-order valence-electron chi connectivity index (χ1n) is 5.51. The lowest BCUT2D eigenvalue weighted by Crippen LogP contribution is -2.36. The number of ether oxygens (including phenoxy) is 1. The molecule has 0 spiro atoms. The molecule has 0 amide bonds. The highest BCUT2D eigenvalue weighted by atomic mass is 16.6. The van der Waals surface area contributed by atoms with Crippen LogP contribution in [0.25, 0.3) is 5.70 Å². The van der Waals surface area contributed by atoms with Crippen LogP contribution in [0.4, 0.5) is 0 Å². The zero-order chi connectivity index (χ0) is 14.9. The average molecular weight is 278 g/mol. The van der Waals surface area contributed by atoms with Crippen LogP contribution in [0.15, 0.2) is 40.2 Å². The van der Waals surface area contributed by atoms with E-state index in [1.165, 1.54) is 19.2 Å². The van der Waals surface area contributed by atoms with Gasteiger partial charge in [-0.05, 0) is 24.3 Å². The molecule has 2 rings (SSSR count). The molecule has 0 aromatic heterocycles. The van der Waals surface area contributed by atoms with Crippen LogP contribution in [0, 0.1) is 20.2 Å². The molecule has 0 radical (unpaired) electrons. The second kappa shape index (κ2) is 4.68. The molecule has 0 N–H and O–H groups in total. The van der Waals surface area contributed by atoms with Crippen molar-refractivity contribution in [2.24, 2.45) is 10.2 Å². The van der Waals surface area contributed by atoms with Gasteiger partial charge in [0, 0.05) is 12.5 Å². The molecular formula is C11H10N4O5. The van der Waals surface area contributed by atoms with Gasteiger partial charge in [-0.15, -0.1) is 5.11 Å². The van der Waals surface area contributed by atoms with Crippen molar-refractivity contribution >= 4 is 5.70 Å². The molecule has 104 valence electrons. The summed E-state index contributed by atoms with van der Waals surface area (Å²) in [5.41, 5.74) is -2.56. The van der Waals surface area contributed by atoms with Crippen molar-refractivity contribution in [3.05, 3.63) is 55.8 Å². The third-order valence-corrected chi connectivity index (χ3v) is 2.92. The largest absolute Gasteiger partial charge is 0.497 e. The summed E-state index contributed by atoms with van der Waals surface area (Å²) in [5.74, 6) is 0.559. The van der Waals surface area contributed by atoms with Gasteiger partial charge in [0.1, 0.15) is 5.75 Å². The molecule has 1 heterocycles. The summed E-state index contributed by atoms with van der Waals surface area (Å²) in [6.45, 7) is 1.05. The molecule has 0 aliphatic carbocycles. The van der Waals surface area contributed by atoms with Gasteiger partial charge in [0.25, 0.3) is 0 Å². The van der Waals surface area contributed by atoms with Gasteiger partial charge in [0.15, 0.2) is 5.70 Å². The lowest BCUT2D eigenvalue weighted by atomic mass is 10.1. The molecule has 9 heteroatoms. The summed E-state index contributed by atoms with van der Waals surface area (Å²) in [6.07, 6.45) is 0. The highest BCUT2D eigenvalue weighted by molar-refractivity contribution is 5.69. The van der Waals surface area contributed by atoms with Crippen LogP contribution in [-0.2, 0) is 0 Å². The summed E-state index contributed by atoms with van der Waals surface area (Å²) < 4.78 is 4.97. The molecule has 0 saturated heterocycles. The molecule has 1 aromatic rings. The Labute approximate surface area is 112 Å². The summed E-state index contributed by atoms with van der Waals surface area (Å²) in [6, 6.07) is 6.22. The van der Waals surface area contributed by atoms with Crippen molar-refractivity contribution in [3.63, 3.8) is 0 Å². The first-order valence-corrected chi connectivity index (χ1v) is 5.51. The highest BCUT2D eigenvalue weighted by Crippen LogP contribution is 2.38. The number of rotatable bonds is 4. The number of azo groups is 1. The minimum absolute atomic E-state index is 0.114. The lowest BCUT2D eigenvalue weighted by Gasteiger charge is -2.07. The molecule has 9 nitrogen and oxygen atoms in total. The van der Waals surface area contributed by atoms with Crippen LogP contribution in [0.1, 0.15) is 12.5 Å². The van der Waals surface area contributed by atoms with E-state index in [4.69, 9.17) is 4.74 Å². The monoisotopic (exact) mass is 278 g/mol. The molecule has 1 aromatic carbocycles. The molecular weight excluding hydrogens is 268 g/mol. The maximum absolute atomic E-state index is 11.1. The van der Waals surface area contributed by atoms with E-state index in [0.717, 1.165) is 6.92 Å². The van der Waals surface area contributed by atoms with Crippen LogP contribution in [-0.4, -0.2) is 22.6 Å². The Kier molecular flexibility index (Phi) is 3.18. The Morgan fingerprint density at radius 1 is 1.20 bits per heavy atom. The van der Waals surface area contributed by atoms with E-state index < -0.39 is 21.2 Å². The van der Waals surface area contributed by atoms with Crippen molar-refractivity contribution in [1.82, 2.24) is 0 Å². The van der Waals surface area contributed by atoms with E-state index in [1.807, 2.05) is 0 Å². The Morgan fingerprint density at radius 3 is 2.25 bits per heavy atom. The molecule has 0 bridgehead atoms. The van der Waals surface area contributed by atoms with Crippen LogP contribution in [0.5, 0.6) is 5.75 Å². The van der Waals surface area contributed by atoms with Gasteiger partial charge in [-0.25, -0.2) is 0 Å². The predicted octanol–water partition coefficient (Wildman–Crippen LogP) is 2.10. The zero-order valence-corrected chi connectivity index (χ0v) is 10.6. The summed E-state index contributed by atoms with van der Waals surface area (Å²) >= 11 is 0. The second-order valence-corrected chi connectivity index (χ2v) is 4.16. The van der Waals surface area contributed by atoms with Crippen molar-refractivity contribution in [3.8, 4) is 5.75 Å². The first kappa shape index (κ1) is 13.6. The zero-order valence-electron chi connectivity index (χ0n) is 10.6. The molecule has 1 unspecified atom stereocenters. The number of nitrogens with zero attached hydrogens (tertiary/aromatic N) is 4. The summed E-state index contributed by atoms with van der Waals surface area (Å²) in [5, 5.41) is 29.2. The van der Waals surface area contributed by atoms with Gasteiger partial charge >= 0.3 is 11.4 Å². The molecule has 1 aliphatic rings. The SMILES string of the molecule is COc1ccc(C2=C([N+](=O)[O-])C(C)([N+](=O)[O-])N=N2)cc1. The van der Waals surface area contributed by atoms with Gasteiger partial charge < -0.3 is 4.74 Å². The third kappa shape index (κ3) is 1.98. The van der Waals surface area contributed by atoms with Gasteiger partial charge in [0.05, 0.1) is 17.0 Å². The predicted molar refractivity (Wildman–Crippen MR) is 67.2 cm³/mol. The Bertz CT molecular complexity index is 637. The van der Waals surface area contributed by atoms with Crippen LogP contribution in [0.2, 0.25) is 0 Å². The summed E-state index contributed by atoms with van der Waals surface area (Å²) in [7, 11) is 1.48. The fourth-order valence-electron chi connectivity index (χ4n) is 1.79. The van der Waals surface area contributed by atoms with E-state index in [-0.39, 0.29) is 5.70 Å². The van der Waals surface area contributed by atoms with Crippen molar-refractivity contribution in [2.45, 2.75) is 12.6 Å². The van der Waals surface area contributed by atoms with Gasteiger partial charge in [-0.1, -0.05) is 5.11 Å². The Hall–Kier alpha value is -2.84. The average Bonchev–Trinajstić information content (AvgIpc) is 2.78. The number of hydrogen-bond donors (Lipinski definition) is 0. The van der Waals surface area contributed by atoms with E-state index >= 15 is 0 Å². The van der Waals surface area contributed by atoms with Crippen molar-refractivity contribution in [1.29, 1.82) is 0 Å². The minimum atomic E-state index is -2.17. The fourth-order valence-corrected chi connectivity index (χ4v) is 1.79. The smallest absolute Gasteiger partial charge is 0.418 e. The standard InChI is InChI=1S/C11H10N4O5/c1-11(15(18)19)10(14(16)17)9(12-13-11)7-3-5-8(20-2)6-4-7/h3-6H,1-2H3. The number of methoxy groups -OCH3 is 1. The van der Waals surface area contributed by atoms with E-state index in [0.29, 0.717) is 11.3 Å². The van der Waals surface area contributed by atoms with E-state index in [1.54, 1.807) is 12.1 Å². The minimum Gasteiger partial charge on any atom is -0.497 e. The lowest BCUT2D eigenvalue weighted by molar-refractivity contribution is -0.589. The normalized spacial score (nSPS) is 21.1. The molecule has 0 saturated carbocycles. The van der Waals surface area contributed by atoms with Gasteiger partial charge in [-0.3, -0.25) is 20.2 Å². The molecule has 20 heavy (non-hydrogen) atoms. The van der Waals surface area contributed by atoms with Crippen LogP contribution in [0.3, 0.4) is 0 Å². The second-order valence-electron chi connectivity index (χ2n) is 4.16. The van der Waals surface area contributed by atoms with Gasteiger partial charge in [-0.2, -0.15) is 0 Å². The summed E-state index contributed by atoms with van der Waals surface area (Å²) in [4.78, 5) is 20.5. The molecule has 0 fully saturated rings. The third-order valence-electron chi connectivity index (χ3n) is 2.92. The van der Waals surface area contributed by atoms with Crippen LogP contribution < -0.4 is 4.74 Å². The molecule has 1 aliphatic heterocycles. The number of nitro groups is 2. The fraction of sp³-hybridized carbons (Fsp3) is 0.273. The number of benzene rings is 1. The number of hydrogen-bond acceptors (Lipinski definition) is 7. The Balaban J connectivity index is 2.57. The van der Waals surface area contributed by atoms with E-state index in [2.05, 4.69) is 10.2 Å². The Morgan fingerprint density at radius 2 is 1.80 bits per heavy atom. The van der Waals surface area contributed by atoms with Crippen molar-refractivity contribution in [2.75, 3.05) is 7.11 Å². The van der Waals surface area contributed by atoms with Crippen molar-refractivity contribution < 1.29 is 14.6 Å². The topological polar surface area (TPSA) is 120 Å². The quantitative estimate of drug-likeness (QED) is 0.616. The maximum Gasteiger partial charge on any atom is 0.418 e. The highest BCUT2D eigenvalue weighted by Gasteiger charge is 2.57. The maximum atomic E-state index is 11.1. The first-order chi connectivity index (χ1) is 9.40. The van der Waals surface area contributed by atoms with Crippen LogP contribution >= 0.6 is 0 Å². The van der Waals surface area contributed by atoms with E-state index in [9.17, 15) is 20.2 Å². The van der Waals surface area contributed by atoms with Gasteiger partial charge in [0.2, 0.25) is 0 Å². The molecule has 1 atom stereocenters.